The quantitative estimate of drug-likeness (QED) is 0.353. The maximum Gasteiger partial charge on any atom is 0.508 e. The lowest BCUT2D eigenvalue weighted by Crippen LogP contribution is -1.94. The molecule has 0 bridgehead atoms. The van der Waals surface area contributed by atoms with Crippen LogP contribution in [0.2, 0.25) is 0 Å². The Morgan fingerprint density at radius 3 is 2.08 bits per heavy atom. The lowest BCUT2D eigenvalue weighted by molar-refractivity contribution is -0.157. The van der Waals surface area contributed by atoms with Crippen molar-refractivity contribution >= 4 is 15.6 Å². The molecule has 0 aliphatic carbocycles. The highest BCUT2D eigenvalue weighted by Crippen LogP contribution is 2.59. The highest BCUT2D eigenvalue weighted by atomic mass is 31.3. The van der Waals surface area contributed by atoms with Gasteiger partial charge in [-0.15, -0.1) is 4.67 Å². The van der Waals surface area contributed by atoms with Gasteiger partial charge in [0.1, 0.15) is 0 Å². The Labute approximate surface area is 67.9 Å². The molecule has 0 fully saturated rings. The molecule has 10 heteroatoms. The lowest BCUT2D eigenvalue weighted by Gasteiger charge is -2.11. The molecule has 0 aromatic rings. The third-order valence-corrected chi connectivity index (χ3v) is 3.04. The highest BCUT2D eigenvalue weighted by molar-refractivity contribution is 7.61. The fourth-order valence-electron chi connectivity index (χ4n) is 0.332. The van der Waals surface area contributed by atoms with E-state index in [1.807, 2.05) is 0 Å². The van der Waals surface area contributed by atoms with Crippen LogP contribution in [0.15, 0.2) is 0 Å². The first kappa shape index (κ1) is 12.2. The number of hydrogen-bond donors (Lipinski definition) is 3. The molecule has 2 atom stereocenters. The van der Waals surface area contributed by atoms with Crippen LogP contribution in [0.25, 0.3) is 0 Å². The minimum atomic E-state index is -4.91. The predicted octanol–water partition coefficient (Wildman–Crippen LogP) is 0.730. The molecule has 0 saturated carbocycles. The summed E-state index contributed by atoms with van der Waals surface area (Å²) >= 11 is 0. The van der Waals surface area contributed by atoms with Gasteiger partial charge in [0, 0.05) is 0 Å². The summed E-state index contributed by atoms with van der Waals surface area (Å²) in [6.45, 7) is 1.17. The smallest absolute Gasteiger partial charge is 0.302 e. The van der Waals surface area contributed by atoms with Crippen LogP contribution < -0.4 is 0 Å². The van der Waals surface area contributed by atoms with E-state index < -0.39 is 15.6 Å². The number of phosphoric acid groups is 2. The molecule has 0 aromatic heterocycles. The molecule has 0 rings (SSSR count). The molecule has 8 nitrogen and oxygen atoms in total. The van der Waals surface area contributed by atoms with E-state index in [0.717, 1.165) is 0 Å². The SMILES string of the molecule is CCOP(=O)(O)OP(=O)(O)OO. The van der Waals surface area contributed by atoms with Crippen molar-refractivity contribution in [3.05, 3.63) is 0 Å². The topological polar surface area (TPSA) is 123 Å². The van der Waals surface area contributed by atoms with Crippen LogP contribution in [0.3, 0.4) is 0 Å². The molecule has 0 saturated heterocycles. The third-order valence-electron chi connectivity index (χ3n) is 0.602. The predicted molar refractivity (Wildman–Crippen MR) is 36.1 cm³/mol. The van der Waals surface area contributed by atoms with Gasteiger partial charge in [0.25, 0.3) is 0 Å². The van der Waals surface area contributed by atoms with Gasteiger partial charge in [-0.1, -0.05) is 0 Å². The average Bonchev–Trinajstić information content (AvgIpc) is 1.85. The maximum absolute atomic E-state index is 10.6. The first-order valence-electron chi connectivity index (χ1n) is 2.67. The third kappa shape index (κ3) is 4.97. The normalized spacial score (nSPS) is 21.3. The lowest BCUT2D eigenvalue weighted by atomic mass is 10.9. The summed E-state index contributed by atoms with van der Waals surface area (Å²) in [5, 5.41) is 7.70. The first-order chi connectivity index (χ1) is 5.33. The van der Waals surface area contributed by atoms with Crippen molar-refractivity contribution in [1.82, 2.24) is 0 Å². The minimum absolute atomic E-state index is 0.195. The van der Waals surface area contributed by atoms with E-state index in [4.69, 9.17) is 15.0 Å². The van der Waals surface area contributed by atoms with E-state index in [2.05, 4.69) is 13.5 Å². The first-order valence-corrected chi connectivity index (χ1v) is 5.66. The molecule has 0 radical (unpaired) electrons. The molecule has 74 valence electrons. The molecular weight excluding hydrogens is 214 g/mol. The van der Waals surface area contributed by atoms with Crippen LogP contribution in [-0.2, 0) is 22.6 Å². The Morgan fingerprint density at radius 2 is 1.75 bits per heavy atom. The summed E-state index contributed by atoms with van der Waals surface area (Å²) < 4.78 is 31.4. The van der Waals surface area contributed by atoms with Gasteiger partial charge in [-0.25, -0.2) is 14.4 Å². The fraction of sp³-hybridized carbons (Fsp3) is 1.00. The highest BCUT2D eigenvalue weighted by Gasteiger charge is 2.35. The Morgan fingerprint density at radius 1 is 1.25 bits per heavy atom. The summed E-state index contributed by atoms with van der Waals surface area (Å²) in [5.74, 6) is 0. The van der Waals surface area contributed by atoms with Crippen molar-refractivity contribution in [2.45, 2.75) is 6.92 Å². The number of rotatable bonds is 5. The summed E-state index contributed by atoms with van der Waals surface area (Å²) in [5.41, 5.74) is 0. The zero-order valence-corrected chi connectivity index (χ0v) is 7.77. The van der Waals surface area contributed by atoms with Gasteiger partial charge < -0.3 is 9.79 Å². The largest absolute Gasteiger partial charge is 0.508 e. The molecular formula is C2H8O8P2. The van der Waals surface area contributed by atoms with Crippen molar-refractivity contribution in [3.63, 3.8) is 0 Å². The van der Waals surface area contributed by atoms with Crippen LogP contribution in [0, 0.1) is 0 Å². The van der Waals surface area contributed by atoms with Gasteiger partial charge in [0.15, 0.2) is 0 Å². The molecule has 0 aromatic carbocycles. The van der Waals surface area contributed by atoms with Gasteiger partial charge in [0.2, 0.25) is 0 Å². The zero-order chi connectivity index (χ0) is 9.83. The molecule has 2 unspecified atom stereocenters. The van der Waals surface area contributed by atoms with Crippen molar-refractivity contribution in [2.24, 2.45) is 0 Å². The Kier molecular flexibility index (Phi) is 4.54. The van der Waals surface area contributed by atoms with Crippen molar-refractivity contribution in [3.8, 4) is 0 Å². The second kappa shape index (κ2) is 4.45. The fourth-order valence-corrected chi connectivity index (χ4v) is 2.01. The molecule has 0 aliphatic heterocycles. The van der Waals surface area contributed by atoms with E-state index >= 15 is 0 Å². The standard InChI is InChI=1S/C2H8O8P2/c1-2-8-11(4,5)10-12(6,7)9-3/h3H,2H2,1H3,(H,4,5)(H,6,7). The van der Waals surface area contributed by atoms with Crippen LogP contribution in [0.1, 0.15) is 6.92 Å². The Balaban J connectivity index is 4.24. The second-order valence-electron chi connectivity index (χ2n) is 1.52. The van der Waals surface area contributed by atoms with E-state index in [1.54, 1.807) is 0 Å². The summed E-state index contributed by atoms with van der Waals surface area (Å²) in [6.07, 6.45) is 0. The van der Waals surface area contributed by atoms with Gasteiger partial charge in [-0.3, -0.25) is 4.52 Å². The van der Waals surface area contributed by atoms with Crippen LogP contribution in [0.5, 0.6) is 0 Å². The number of hydrogen-bond acceptors (Lipinski definition) is 6. The van der Waals surface area contributed by atoms with Crippen LogP contribution in [-0.4, -0.2) is 21.7 Å². The summed E-state index contributed by atoms with van der Waals surface area (Å²) in [4.78, 5) is 16.9. The summed E-state index contributed by atoms with van der Waals surface area (Å²) in [7, 11) is -9.54. The van der Waals surface area contributed by atoms with Crippen LogP contribution >= 0.6 is 15.6 Å². The molecule has 3 N–H and O–H groups in total. The van der Waals surface area contributed by atoms with Gasteiger partial charge in [-0.05, 0) is 6.92 Å². The molecule has 0 heterocycles. The molecule has 0 amide bonds. The molecule has 0 spiro atoms. The summed E-state index contributed by atoms with van der Waals surface area (Å²) in [6, 6.07) is 0. The van der Waals surface area contributed by atoms with Gasteiger partial charge >= 0.3 is 15.6 Å². The maximum atomic E-state index is 10.6. The van der Waals surface area contributed by atoms with E-state index in [0.29, 0.717) is 0 Å². The van der Waals surface area contributed by atoms with Crippen LogP contribution in [0.4, 0.5) is 0 Å². The van der Waals surface area contributed by atoms with E-state index in [1.165, 1.54) is 6.92 Å². The van der Waals surface area contributed by atoms with Crippen molar-refractivity contribution in [1.29, 1.82) is 0 Å². The zero-order valence-electron chi connectivity index (χ0n) is 5.98. The van der Waals surface area contributed by atoms with Crippen molar-refractivity contribution < 1.29 is 37.7 Å². The average molecular weight is 222 g/mol. The minimum Gasteiger partial charge on any atom is -0.302 e. The second-order valence-corrected chi connectivity index (χ2v) is 4.47. The van der Waals surface area contributed by atoms with Gasteiger partial charge in [0.05, 0.1) is 6.61 Å². The van der Waals surface area contributed by atoms with Gasteiger partial charge in [-0.2, -0.15) is 4.31 Å². The van der Waals surface area contributed by atoms with E-state index in [9.17, 15) is 9.13 Å². The van der Waals surface area contributed by atoms with Crippen molar-refractivity contribution in [2.75, 3.05) is 6.61 Å². The molecule has 12 heavy (non-hydrogen) atoms. The molecule has 0 aliphatic rings. The Bertz CT molecular complexity index is 223. The monoisotopic (exact) mass is 222 g/mol. The van der Waals surface area contributed by atoms with E-state index in [-0.39, 0.29) is 6.61 Å². The number of phosphoric ester groups is 1. The Hall–Kier alpha value is 0.220.